The van der Waals surface area contributed by atoms with Crippen LogP contribution in [0.2, 0.25) is 0 Å². The van der Waals surface area contributed by atoms with Crippen molar-refractivity contribution >= 4 is 6.08 Å². The molecule has 1 nitrogen and oxygen atoms in total. The van der Waals surface area contributed by atoms with Gasteiger partial charge in [0.25, 0.3) is 0 Å². The second-order valence-electron chi connectivity index (χ2n) is 5.14. The molecule has 0 heterocycles. The lowest BCUT2D eigenvalue weighted by Gasteiger charge is -2.11. The molecule has 0 fully saturated rings. The van der Waals surface area contributed by atoms with E-state index in [4.69, 9.17) is 0 Å². The van der Waals surface area contributed by atoms with Crippen molar-refractivity contribution in [3.8, 4) is 0 Å². The second kappa shape index (κ2) is 6.91. The van der Waals surface area contributed by atoms with Gasteiger partial charge in [0.15, 0.2) is 0 Å². The quantitative estimate of drug-likeness (QED) is 0.834. The third-order valence-electron chi connectivity index (χ3n) is 3.20. The standard InChI is InChI=1S/C18H21N/c1-16-10-12-17(13-11-16)9-6-14-19(2)15-18-7-4-3-5-8-18/h3-13H,14-15H2,1-2H3/p+1/b9-6+. The predicted molar refractivity (Wildman–Crippen MR) is 82.1 cm³/mol. The highest BCUT2D eigenvalue weighted by atomic mass is 15.1. The molecular formula is C18H22N+. The maximum Gasteiger partial charge on any atom is 0.103 e. The molecule has 1 heteroatoms. The summed E-state index contributed by atoms with van der Waals surface area (Å²) in [6.45, 7) is 4.23. The molecule has 0 aromatic heterocycles. The number of quaternary nitrogens is 1. The van der Waals surface area contributed by atoms with Crippen LogP contribution in [0.15, 0.2) is 60.7 Å². The summed E-state index contributed by atoms with van der Waals surface area (Å²) < 4.78 is 0. The average molecular weight is 252 g/mol. The van der Waals surface area contributed by atoms with Crippen molar-refractivity contribution in [2.75, 3.05) is 13.6 Å². The van der Waals surface area contributed by atoms with Gasteiger partial charge in [0.1, 0.15) is 6.54 Å². The minimum Gasteiger partial charge on any atom is -0.330 e. The summed E-state index contributed by atoms with van der Waals surface area (Å²) >= 11 is 0. The van der Waals surface area contributed by atoms with Crippen LogP contribution in [0.25, 0.3) is 6.08 Å². The number of hydrogen-bond donors (Lipinski definition) is 1. The van der Waals surface area contributed by atoms with E-state index in [1.165, 1.54) is 21.6 Å². The zero-order valence-corrected chi connectivity index (χ0v) is 11.8. The molecule has 0 aliphatic carbocycles. The first-order valence-electron chi connectivity index (χ1n) is 6.82. The lowest BCUT2D eigenvalue weighted by molar-refractivity contribution is -0.887. The summed E-state index contributed by atoms with van der Waals surface area (Å²) in [5, 5.41) is 0. The van der Waals surface area contributed by atoms with Gasteiger partial charge >= 0.3 is 0 Å². The molecule has 1 atom stereocenters. The molecule has 0 amide bonds. The Morgan fingerprint density at radius 3 is 2.32 bits per heavy atom. The van der Waals surface area contributed by atoms with Crippen LogP contribution in [0, 0.1) is 6.92 Å². The van der Waals surface area contributed by atoms with Gasteiger partial charge in [-0.2, -0.15) is 0 Å². The van der Waals surface area contributed by atoms with E-state index in [1.807, 2.05) is 0 Å². The lowest BCUT2D eigenvalue weighted by atomic mass is 10.1. The number of likely N-dealkylation sites (N-methyl/N-ethyl adjacent to an activating group) is 1. The Labute approximate surface area is 116 Å². The summed E-state index contributed by atoms with van der Waals surface area (Å²) in [6, 6.07) is 19.3. The fourth-order valence-electron chi connectivity index (χ4n) is 2.09. The molecule has 0 spiro atoms. The molecule has 1 N–H and O–H groups in total. The number of nitrogens with one attached hydrogen (secondary N) is 1. The Hall–Kier alpha value is -1.86. The van der Waals surface area contributed by atoms with Crippen LogP contribution in [0.5, 0.6) is 0 Å². The maximum atomic E-state index is 2.25. The monoisotopic (exact) mass is 252 g/mol. The Kier molecular flexibility index (Phi) is 4.93. The van der Waals surface area contributed by atoms with Gasteiger partial charge in [0.05, 0.1) is 13.6 Å². The van der Waals surface area contributed by atoms with Crippen molar-refractivity contribution in [3.05, 3.63) is 77.4 Å². The van der Waals surface area contributed by atoms with Crippen molar-refractivity contribution in [3.63, 3.8) is 0 Å². The summed E-state index contributed by atoms with van der Waals surface area (Å²) in [7, 11) is 2.23. The SMILES string of the molecule is Cc1ccc(/C=C/C[NH+](C)Cc2ccccc2)cc1. The van der Waals surface area contributed by atoms with Crippen molar-refractivity contribution in [1.82, 2.24) is 0 Å². The normalized spacial score (nSPS) is 12.7. The topological polar surface area (TPSA) is 4.44 Å². The molecule has 0 aliphatic rings. The van der Waals surface area contributed by atoms with Crippen molar-refractivity contribution < 1.29 is 4.90 Å². The zero-order chi connectivity index (χ0) is 13.5. The van der Waals surface area contributed by atoms with Crippen LogP contribution in [0.3, 0.4) is 0 Å². The molecule has 0 aliphatic heterocycles. The van der Waals surface area contributed by atoms with Crippen LogP contribution < -0.4 is 4.90 Å². The van der Waals surface area contributed by atoms with E-state index in [0.29, 0.717) is 0 Å². The Morgan fingerprint density at radius 2 is 1.63 bits per heavy atom. The van der Waals surface area contributed by atoms with E-state index in [-0.39, 0.29) is 0 Å². The van der Waals surface area contributed by atoms with Gasteiger partial charge < -0.3 is 4.90 Å². The highest BCUT2D eigenvalue weighted by Gasteiger charge is 2.00. The summed E-state index contributed by atoms with van der Waals surface area (Å²) in [5.41, 5.74) is 3.98. The molecule has 2 rings (SSSR count). The smallest absolute Gasteiger partial charge is 0.103 e. The number of benzene rings is 2. The van der Waals surface area contributed by atoms with E-state index < -0.39 is 0 Å². The molecule has 0 saturated carbocycles. The molecule has 0 bridgehead atoms. The van der Waals surface area contributed by atoms with Gasteiger partial charge in [-0.1, -0.05) is 66.2 Å². The first kappa shape index (κ1) is 13.6. The average Bonchev–Trinajstić information content (AvgIpc) is 2.42. The summed E-state index contributed by atoms with van der Waals surface area (Å²) in [6.07, 6.45) is 4.46. The van der Waals surface area contributed by atoms with Gasteiger partial charge in [-0.15, -0.1) is 0 Å². The van der Waals surface area contributed by atoms with Gasteiger partial charge in [-0.05, 0) is 18.6 Å². The third kappa shape index (κ3) is 4.72. The summed E-state index contributed by atoms with van der Waals surface area (Å²) in [4.78, 5) is 1.49. The number of rotatable bonds is 5. The van der Waals surface area contributed by atoms with Gasteiger partial charge in [0, 0.05) is 5.56 Å². The Balaban J connectivity index is 1.83. The first-order chi connectivity index (χ1) is 9.24. The lowest BCUT2D eigenvalue weighted by Crippen LogP contribution is -3.07. The van der Waals surface area contributed by atoms with E-state index in [9.17, 15) is 0 Å². The Bertz CT molecular complexity index is 511. The van der Waals surface area contributed by atoms with E-state index >= 15 is 0 Å². The number of aryl methyl sites for hydroxylation is 1. The number of hydrogen-bond acceptors (Lipinski definition) is 0. The molecule has 2 aromatic rings. The van der Waals surface area contributed by atoms with E-state index in [2.05, 4.69) is 80.7 Å². The highest BCUT2D eigenvalue weighted by Crippen LogP contribution is 2.04. The zero-order valence-electron chi connectivity index (χ0n) is 11.8. The van der Waals surface area contributed by atoms with E-state index in [1.54, 1.807) is 0 Å². The molecule has 98 valence electrons. The fraction of sp³-hybridized carbons (Fsp3) is 0.222. The molecule has 19 heavy (non-hydrogen) atoms. The van der Waals surface area contributed by atoms with Crippen molar-refractivity contribution in [2.24, 2.45) is 0 Å². The molecule has 0 radical (unpaired) electrons. The fourth-order valence-corrected chi connectivity index (χ4v) is 2.09. The molecule has 1 unspecified atom stereocenters. The van der Waals surface area contributed by atoms with Gasteiger partial charge in [0.2, 0.25) is 0 Å². The largest absolute Gasteiger partial charge is 0.330 e. The van der Waals surface area contributed by atoms with Crippen LogP contribution >= 0.6 is 0 Å². The van der Waals surface area contributed by atoms with Crippen LogP contribution in [0.4, 0.5) is 0 Å². The molecule has 0 saturated heterocycles. The Morgan fingerprint density at radius 1 is 0.947 bits per heavy atom. The van der Waals surface area contributed by atoms with Crippen molar-refractivity contribution in [1.29, 1.82) is 0 Å². The predicted octanol–water partition coefficient (Wildman–Crippen LogP) is 2.72. The van der Waals surface area contributed by atoms with Crippen LogP contribution in [-0.4, -0.2) is 13.6 Å². The first-order valence-corrected chi connectivity index (χ1v) is 6.82. The third-order valence-corrected chi connectivity index (χ3v) is 3.20. The van der Waals surface area contributed by atoms with Crippen LogP contribution in [-0.2, 0) is 6.54 Å². The highest BCUT2D eigenvalue weighted by molar-refractivity contribution is 5.49. The van der Waals surface area contributed by atoms with Crippen molar-refractivity contribution in [2.45, 2.75) is 13.5 Å². The van der Waals surface area contributed by atoms with Crippen LogP contribution in [0.1, 0.15) is 16.7 Å². The minimum absolute atomic E-state index is 1.04. The van der Waals surface area contributed by atoms with Gasteiger partial charge in [-0.25, -0.2) is 0 Å². The minimum atomic E-state index is 1.04. The maximum absolute atomic E-state index is 2.25. The molecular weight excluding hydrogens is 230 g/mol. The molecule has 2 aromatic carbocycles. The summed E-state index contributed by atoms with van der Waals surface area (Å²) in [5.74, 6) is 0. The van der Waals surface area contributed by atoms with E-state index in [0.717, 1.165) is 13.1 Å². The van der Waals surface area contributed by atoms with Gasteiger partial charge in [-0.3, -0.25) is 0 Å². The second-order valence-corrected chi connectivity index (χ2v) is 5.14.